The third-order valence-corrected chi connectivity index (χ3v) is 4.29. The van der Waals surface area contributed by atoms with E-state index in [-0.39, 0.29) is 16.3 Å². The molecule has 0 spiro atoms. The van der Waals surface area contributed by atoms with Crippen LogP contribution in [0.3, 0.4) is 0 Å². The van der Waals surface area contributed by atoms with Gasteiger partial charge < -0.3 is 5.11 Å². The van der Waals surface area contributed by atoms with E-state index >= 15 is 0 Å². The number of aromatic carboxylic acids is 1. The van der Waals surface area contributed by atoms with Gasteiger partial charge in [0.15, 0.2) is 0 Å². The zero-order valence-corrected chi connectivity index (χ0v) is 12.3. The topological polar surface area (TPSA) is 83.5 Å². The van der Waals surface area contributed by atoms with E-state index < -0.39 is 32.5 Å². The predicted molar refractivity (Wildman–Crippen MR) is 75.6 cm³/mol. The molecule has 2 N–H and O–H groups in total. The van der Waals surface area contributed by atoms with Crippen molar-refractivity contribution in [2.75, 3.05) is 4.72 Å². The molecule has 0 aliphatic carbocycles. The summed E-state index contributed by atoms with van der Waals surface area (Å²) in [6, 6.07) is 5.22. The third-order valence-electron chi connectivity index (χ3n) is 2.60. The highest BCUT2D eigenvalue weighted by atomic mass is 35.5. The Balaban J connectivity index is 2.41. The molecule has 9 heteroatoms. The largest absolute Gasteiger partial charge is 0.478 e. The van der Waals surface area contributed by atoms with Gasteiger partial charge in [-0.3, -0.25) is 4.72 Å². The van der Waals surface area contributed by atoms with Crippen molar-refractivity contribution in [1.82, 2.24) is 0 Å². The highest BCUT2D eigenvalue weighted by Gasteiger charge is 2.18. The van der Waals surface area contributed by atoms with Crippen LogP contribution in [0, 0.1) is 11.6 Å². The van der Waals surface area contributed by atoms with Gasteiger partial charge in [0.25, 0.3) is 10.0 Å². The lowest BCUT2D eigenvalue weighted by atomic mass is 10.2. The molecular weight excluding hydrogens is 340 g/mol. The number of sulfonamides is 1. The van der Waals surface area contributed by atoms with Crippen molar-refractivity contribution in [2.45, 2.75) is 4.90 Å². The summed E-state index contributed by atoms with van der Waals surface area (Å²) < 4.78 is 52.3. The number of carboxylic acid groups (broad SMARTS) is 1. The van der Waals surface area contributed by atoms with E-state index in [4.69, 9.17) is 16.7 Å². The van der Waals surface area contributed by atoms with Gasteiger partial charge in [-0.15, -0.1) is 0 Å². The second-order valence-electron chi connectivity index (χ2n) is 4.21. The van der Waals surface area contributed by atoms with Crippen LogP contribution in [-0.4, -0.2) is 19.5 Å². The van der Waals surface area contributed by atoms with Gasteiger partial charge in [0.05, 0.1) is 15.5 Å². The third kappa shape index (κ3) is 3.52. The second kappa shape index (κ2) is 5.90. The molecule has 2 aromatic rings. The number of hydrogen-bond donors (Lipinski definition) is 2. The van der Waals surface area contributed by atoms with Gasteiger partial charge in [0.1, 0.15) is 11.6 Å². The summed E-state index contributed by atoms with van der Waals surface area (Å²) in [5.41, 5.74) is -0.418. The molecule has 0 aliphatic heterocycles. The summed E-state index contributed by atoms with van der Waals surface area (Å²) in [5, 5.41) is 8.84. The molecule has 0 bridgehead atoms. The van der Waals surface area contributed by atoms with Crippen molar-refractivity contribution in [3.63, 3.8) is 0 Å². The Morgan fingerprint density at radius 1 is 1.09 bits per heavy atom. The average Bonchev–Trinajstić information content (AvgIpc) is 2.39. The molecule has 5 nitrogen and oxygen atoms in total. The van der Waals surface area contributed by atoms with E-state index in [1.807, 2.05) is 4.72 Å². The number of carbonyl (C=O) groups is 1. The number of halogens is 3. The number of rotatable bonds is 4. The van der Waals surface area contributed by atoms with Crippen LogP contribution in [-0.2, 0) is 10.0 Å². The maximum absolute atomic E-state index is 13.1. The van der Waals surface area contributed by atoms with Crippen LogP contribution >= 0.6 is 11.6 Å². The first kappa shape index (κ1) is 16.2. The molecule has 0 radical (unpaired) electrons. The Morgan fingerprint density at radius 2 is 1.68 bits per heavy atom. The predicted octanol–water partition coefficient (Wildman–Crippen LogP) is 3.12. The molecule has 0 heterocycles. The summed E-state index contributed by atoms with van der Waals surface area (Å²) in [5.74, 6) is -3.45. The standard InChI is InChI=1S/C13H8ClF2NO4S/c14-12-2-1-9(6-11(12)13(18)19)17-22(20,21)10-4-7(15)3-8(16)5-10/h1-6,17H,(H,18,19). The van der Waals surface area contributed by atoms with Gasteiger partial charge >= 0.3 is 5.97 Å². The molecule has 2 rings (SSSR count). The monoisotopic (exact) mass is 347 g/mol. The normalized spacial score (nSPS) is 11.2. The fourth-order valence-corrected chi connectivity index (χ4v) is 2.94. The van der Waals surface area contributed by atoms with E-state index in [1.54, 1.807) is 0 Å². The first-order valence-electron chi connectivity index (χ1n) is 5.71. The molecule has 0 aliphatic rings. The summed E-state index contributed by atoms with van der Waals surface area (Å²) >= 11 is 5.66. The van der Waals surface area contributed by atoms with Crippen molar-refractivity contribution >= 4 is 33.3 Å². The summed E-state index contributed by atoms with van der Waals surface area (Å²) in [6.45, 7) is 0. The quantitative estimate of drug-likeness (QED) is 0.890. The molecule has 22 heavy (non-hydrogen) atoms. The maximum Gasteiger partial charge on any atom is 0.337 e. The Kier molecular flexibility index (Phi) is 4.34. The summed E-state index contributed by atoms with van der Waals surface area (Å²) in [7, 11) is -4.28. The van der Waals surface area contributed by atoms with Crippen LogP contribution in [0.25, 0.3) is 0 Å². The minimum Gasteiger partial charge on any atom is -0.478 e. The van der Waals surface area contributed by atoms with E-state index in [0.29, 0.717) is 18.2 Å². The number of nitrogens with one attached hydrogen (secondary N) is 1. The van der Waals surface area contributed by atoms with Gasteiger partial charge in [-0.1, -0.05) is 11.6 Å². The van der Waals surface area contributed by atoms with Crippen molar-refractivity contribution in [1.29, 1.82) is 0 Å². The van der Waals surface area contributed by atoms with E-state index in [2.05, 4.69) is 0 Å². The van der Waals surface area contributed by atoms with Crippen molar-refractivity contribution < 1.29 is 27.1 Å². The number of benzene rings is 2. The molecule has 0 amide bonds. The number of carboxylic acids is 1. The van der Waals surface area contributed by atoms with Crippen LogP contribution in [0.4, 0.5) is 14.5 Å². The highest BCUT2D eigenvalue weighted by Crippen LogP contribution is 2.23. The molecule has 0 aromatic heterocycles. The minimum atomic E-state index is -4.28. The SMILES string of the molecule is O=C(O)c1cc(NS(=O)(=O)c2cc(F)cc(F)c2)ccc1Cl. The van der Waals surface area contributed by atoms with Crippen molar-refractivity contribution in [2.24, 2.45) is 0 Å². The Morgan fingerprint density at radius 3 is 2.23 bits per heavy atom. The number of anilines is 1. The van der Waals surface area contributed by atoms with E-state index in [0.717, 1.165) is 6.07 Å². The molecule has 116 valence electrons. The highest BCUT2D eigenvalue weighted by molar-refractivity contribution is 7.92. The number of hydrogen-bond acceptors (Lipinski definition) is 3. The van der Waals surface area contributed by atoms with Gasteiger partial charge in [0, 0.05) is 11.8 Å². The molecule has 0 fully saturated rings. The van der Waals surface area contributed by atoms with E-state index in [9.17, 15) is 22.0 Å². The molecule has 0 unspecified atom stereocenters. The lowest BCUT2D eigenvalue weighted by molar-refractivity contribution is 0.0697. The average molecular weight is 348 g/mol. The Hall–Kier alpha value is -2.19. The lowest BCUT2D eigenvalue weighted by Crippen LogP contribution is -2.14. The van der Waals surface area contributed by atoms with Crippen molar-refractivity contribution in [3.05, 3.63) is 58.6 Å². The summed E-state index contributed by atoms with van der Waals surface area (Å²) in [6.07, 6.45) is 0. The fourth-order valence-electron chi connectivity index (χ4n) is 1.65. The minimum absolute atomic E-state index is 0.0766. The van der Waals surface area contributed by atoms with Crippen LogP contribution < -0.4 is 4.72 Å². The second-order valence-corrected chi connectivity index (χ2v) is 6.30. The first-order valence-corrected chi connectivity index (χ1v) is 7.57. The molecular formula is C13H8ClF2NO4S. The molecule has 2 aromatic carbocycles. The Labute approximate surface area is 129 Å². The zero-order chi connectivity index (χ0) is 16.5. The Bertz CT molecular complexity index is 835. The maximum atomic E-state index is 13.1. The van der Waals surface area contributed by atoms with E-state index in [1.165, 1.54) is 12.1 Å². The van der Waals surface area contributed by atoms with Crippen molar-refractivity contribution in [3.8, 4) is 0 Å². The lowest BCUT2D eigenvalue weighted by Gasteiger charge is -2.09. The van der Waals surface area contributed by atoms with Gasteiger partial charge in [0.2, 0.25) is 0 Å². The van der Waals surface area contributed by atoms with Crippen LogP contribution in [0.1, 0.15) is 10.4 Å². The van der Waals surface area contributed by atoms with Gasteiger partial charge in [-0.25, -0.2) is 22.0 Å². The van der Waals surface area contributed by atoms with Gasteiger partial charge in [-0.2, -0.15) is 0 Å². The zero-order valence-electron chi connectivity index (χ0n) is 10.7. The molecule has 0 saturated carbocycles. The fraction of sp³-hybridized carbons (Fsp3) is 0. The van der Waals surface area contributed by atoms with Crippen LogP contribution in [0.5, 0.6) is 0 Å². The molecule has 0 saturated heterocycles. The van der Waals surface area contributed by atoms with Crippen LogP contribution in [0.15, 0.2) is 41.3 Å². The van der Waals surface area contributed by atoms with Crippen LogP contribution in [0.2, 0.25) is 5.02 Å². The van der Waals surface area contributed by atoms with Gasteiger partial charge in [-0.05, 0) is 30.3 Å². The first-order chi connectivity index (χ1) is 10.2. The molecule has 0 atom stereocenters. The smallest absolute Gasteiger partial charge is 0.337 e. The summed E-state index contributed by atoms with van der Waals surface area (Å²) in [4.78, 5) is 10.3.